The third-order valence-electron chi connectivity index (χ3n) is 4.01. The lowest BCUT2D eigenvalue weighted by Gasteiger charge is -2.04. The van der Waals surface area contributed by atoms with Gasteiger partial charge >= 0.3 is 0 Å². The van der Waals surface area contributed by atoms with E-state index in [0.29, 0.717) is 16.8 Å². The van der Waals surface area contributed by atoms with E-state index < -0.39 is 0 Å². The van der Waals surface area contributed by atoms with Crippen LogP contribution < -0.4 is 0 Å². The molecule has 25 heavy (non-hydrogen) atoms. The van der Waals surface area contributed by atoms with Gasteiger partial charge in [-0.25, -0.2) is 4.68 Å². The van der Waals surface area contributed by atoms with Crippen molar-refractivity contribution in [2.75, 3.05) is 0 Å². The second-order valence-corrected chi connectivity index (χ2v) is 5.72. The lowest BCUT2D eigenvalue weighted by Crippen LogP contribution is -2.01. The van der Waals surface area contributed by atoms with Gasteiger partial charge in [0.05, 0.1) is 34.3 Å². The molecule has 0 saturated heterocycles. The number of carbonyl (C=O) groups is 1. The van der Waals surface area contributed by atoms with E-state index in [0.717, 1.165) is 16.9 Å². The fourth-order valence-corrected chi connectivity index (χ4v) is 2.74. The van der Waals surface area contributed by atoms with Crippen LogP contribution >= 0.6 is 0 Å². The molecular weight excluding hydrogens is 310 g/mol. The lowest BCUT2D eigenvalue weighted by molar-refractivity contribution is 0.104. The van der Waals surface area contributed by atoms with Gasteiger partial charge in [0, 0.05) is 0 Å². The van der Waals surface area contributed by atoms with Gasteiger partial charge in [0.15, 0.2) is 5.78 Å². The maximum atomic E-state index is 12.6. The molecule has 0 spiro atoms. The molecule has 4 heteroatoms. The Kier molecular flexibility index (Phi) is 4.58. The van der Waals surface area contributed by atoms with Gasteiger partial charge in [-0.3, -0.25) is 4.79 Å². The smallest absolute Gasteiger partial charge is 0.189 e. The van der Waals surface area contributed by atoms with E-state index in [1.54, 1.807) is 29.0 Å². The van der Waals surface area contributed by atoms with Crippen LogP contribution in [0.2, 0.25) is 0 Å². The van der Waals surface area contributed by atoms with Crippen LogP contribution in [0, 0.1) is 25.2 Å². The van der Waals surface area contributed by atoms with Gasteiger partial charge in [-0.1, -0.05) is 36.4 Å². The zero-order valence-corrected chi connectivity index (χ0v) is 14.1. The van der Waals surface area contributed by atoms with E-state index in [1.807, 2.05) is 56.3 Å². The highest BCUT2D eigenvalue weighted by Crippen LogP contribution is 2.19. The number of allylic oxidation sites excluding steroid dienone is 1. The third-order valence-corrected chi connectivity index (χ3v) is 4.01. The van der Waals surface area contributed by atoms with Crippen molar-refractivity contribution in [3.8, 4) is 11.8 Å². The monoisotopic (exact) mass is 327 g/mol. The first-order valence-corrected chi connectivity index (χ1v) is 7.94. The summed E-state index contributed by atoms with van der Waals surface area (Å²) in [5.41, 5.74) is 4.54. The second kappa shape index (κ2) is 6.98. The molecule has 0 N–H and O–H groups in total. The number of aryl methyl sites for hydroxylation is 1. The number of carbonyl (C=O) groups excluding carboxylic acids is 1. The van der Waals surface area contributed by atoms with Crippen molar-refractivity contribution < 1.29 is 4.79 Å². The molecule has 0 saturated carbocycles. The second-order valence-electron chi connectivity index (χ2n) is 5.72. The summed E-state index contributed by atoms with van der Waals surface area (Å²) in [5, 5.41) is 13.3. The van der Waals surface area contributed by atoms with Crippen LogP contribution in [-0.2, 0) is 0 Å². The van der Waals surface area contributed by atoms with Gasteiger partial charge in [-0.15, -0.1) is 0 Å². The predicted octanol–water partition coefficient (Wildman–Crippen LogP) is 4.26. The largest absolute Gasteiger partial charge is 0.289 e. The normalized spacial score (nSPS) is 10.8. The summed E-state index contributed by atoms with van der Waals surface area (Å²) in [6.07, 6.45) is 3.30. The molecule has 0 unspecified atom stereocenters. The summed E-state index contributed by atoms with van der Waals surface area (Å²) in [4.78, 5) is 12.6. The molecular formula is C21H17N3O. The van der Waals surface area contributed by atoms with Gasteiger partial charge in [0.25, 0.3) is 0 Å². The van der Waals surface area contributed by atoms with Crippen molar-refractivity contribution in [1.82, 2.24) is 9.78 Å². The Morgan fingerprint density at radius 3 is 2.40 bits per heavy atom. The summed E-state index contributed by atoms with van der Waals surface area (Å²) in [7, 11) is 0. The first-order valence-electron chi connectivity index (χ1n) is 7.94. The van der Waals surface area contributed by atoms with Crippen LogP contribution in [0.15, 0.2) is 60.7 Å². The van der Waals surface area contributed by atoms with Gasteiger partial charge in [0.1, 0.15) is 0 Å². The third kappa shape index (κ3) is 3.41. The molecule has 0 atom stereocenters. The topological polar surface area (TPSA) is 58.7 Å². The fraction of sp³-hybridized carbons (Fsp3) is 0.0952. The Morgan fingerprint density at radius 2 is 1.76 bits per heavy atom. The Hall–Kier alpha value is -3.45. The van der Waals surface area contributed by atoms with Crippen LogP contribution in [0.4, 0.5) is 0 Å². The Morgan fingerprint density at radius 1 is 1.08 bits per heavy atom. The SMILES string of the molecule is Cc1nn(-c2ccccc2)c(C)c1C(=O)C=Cc1ccc(C#N)cc1. The van der Waals surface area contributed by atoms with Crippen molar-refractivity contribution in [3.05, 3.63) is 88.8 Å². The highest BCUT2D eigenvalue weighted by molar-refractivity contribution is 6.08. The summed E-state index contributed by atoms with van der Waals surface area (Å²) in [5.74, 6) is -0.0819. The number of nitriles is 1. The number of nitrogens with zero attached hydrogens (tertiary/aromatic N) is 3. The number of aromatic nitrogens is 2. The Balaban J connectivity index is 1.88. The van der Waals surface area contributed by atoms with Crippen molar-refractivity contribution >= 4 is 11.9 Å². The number of hydrogen-bond acceptors (Lipinski definition) is 3. The lowest BCUT2D eigenvalue weighted by atomic mass is 10.1. The number of rotatable bonds is 4. The number of benzene rings is 2. The number of hydrogen-bond donors (Lipinski definition) is 0. The number of ketones is 1. The van der Waals surface area contributed by atoms with Crippen molar-refractivity contribution in [2.45, 2.75) is 13.8 Å². The summed E-state index contributed by atoms with van der Waals surface area (Å²) in [6.45, 7) is 3.74. The zero-order chi connectivity index (χ0) is 17.8. The molecule has 4 nitrogen and oxygen atoms in total. The van der Waals surface area contributed by atoms with E-state index in [-0.39, 0.29) is 5.78 Å². The fourth-order valence-electron chi connectivity index (χ4n) is 2.74. The summed E-state index contributed by atoms with van der Waals surface area (Å²) in [6, 6.07) is 18.9. The van der Waals surface area contributed by atoms with Gasteiger partial charge in [-0.05, 0) is 49.8 Å². The number of para-hydroxylation sites is 1. The minimum atomic E-state index is -0.0819. The molecule has 3 rings (SSSR count). The average molecular weight is 327 g/mol. The summed E-state index contributed by atoms with van der Waals surface area (Å²) >= 11 is 0. The molecule has 1 heterocycles. The molecule has 0 aliphatic carbocycles. The standard InChI is InChI=1S/C21H17N3O/c1-15-21(16(2)24(23-15)19-6-4-3-5-7-19)20(25)13-12-17-8-10-18(14-22)11-9-17/h3-13H,1-2H3. The van der Waals surface area contributed by atoms with Crippen molar-refractivity contribution in [2.24, 2.45) is 0 Å². The maximum Gasteiger partial charge on any atom is 0.189 e. The zero-order valence-electron chi connectivity index (χ0n) is 14.1. The van der Waals surface area contributed by atoms with E-state index in [2.05, 4.69) is 11.2 Å². The van der Waals surface area contributed by atoms with Crippen LogP contribution in [0.25, 0.3) is 11.8 Å². The molecule has 0 amide bonds. The maximum absolute atomic E-state index is 12.6. The van der Waals surface area contributed by atoms with Crippen LogP contribution in [-0.4, -0.2) is 15.6 Å². The molecule has 0 fully saturated rings. The first-order chi connectivity index (χ1) is 12.1. The molecule has 0 aliphatic rings. The molecule has 0 bridgehead atoms. The van der Waals surface area contributed by atoms with Gasteiger partial charge in [-0.2, -0.15) is 10.4 Å². The quantitative estimate of drug-likeness (QED) is 0.531. The van der Waals surface area contributed by atoms with Crippen LogP contribution in [0.1, 0.15) is 32.9 Å². The van der Waals surface area contributed by atoms with E-state index in [9.17, 15) is 4.79 Å². The average Bonchev–Trinajstić information content (AvgIpc) is 2.95. The molecule has 1 aromatic heterocycles. The van der Waals surface area contributed by atoms with E-state index in [4.69, 9.17) is 5.26 Å². The molecule has 0 aliphatic heterocycles. The summed E-state index contributed by atoms with van der Waals surface area (Å²) < 4.78 is 1.79. The van der Waals surface area contributed by atoms with Crippen molar-refractivity contribution in [3.63, 3.8) is 0 Å². The molecule has 2 aromatic carbocycles. The van der Waals surface area contributed by atoms with Gasteiger partial charge < -0.3 is 0 Å². The van der Waals surface area contributed by atoms with E-state index in [1.165, 1.54) is 0 Å². The Bertz CT molecular complexity index is 974. The minimum Gasteiger partial charge on any atom is -0.289 e. The van der Waals surface area contributed by atoms with E-state index >= 15 is 0 Å². The minimum absolute atomic E-state index is 0.0819. The first kappa shape index (κ1) is 16.4. The highest BCUT2D eigenvalue weighted by atomic mass is 16.1. The van der Waals surface area contributed by atoms with Crippen LogP contribution in [0.3, 0.4) is 0 Å². The predicted molar refractivity (Wildman–Crippen MR) is 97.6 cm³/mol. The van der Waals surface area contributed by atoms with Crippen molar-refractivity contribution in [1.29, 1.82) is 5.26 Å². The highest BCUT2D eigenvalue weighted by Gasteiger charge is 2.17. The molecule has 0 radical (unpaired) electrons. The van der Waals surface area contributed by atoms with Gasteiger partial charge in [0.2, 0.25) is 0 Å². The van der Waals surface area contributed by atoms with Crippen LogP contribution in [0.5, 0.6) is 0 Å². The Labute approximate surface area is 146 Å². The molecule has 122 valence electrons. The molecule has 3 aromatic rings.